The molecule has 0 radical (unpaired) electrons. The SMILES string of the molecule is CCCCN(CCCC)CCNC(CN)N(C(C)C)C(C)C. The van der Waals surface area contributed by atoms with Crippen LogP contribution in [-0.4, -0.2) is 60.8 Å². The van der Waals surface area contributed by atoms with Crippen molar-refractivity contribution in [2.75, 3.05) is 32.7 Å². The van der Waals surface area contributed by atoms with Crippen molar-refractivity contribution in [1.29, 1.82) is 0 Å². The molecule has 0 aromatic rings. The van der Waals surface area contributed by atoms with E-state index in [0.717, 1.165) is 13.1 Å². The van der Waals surface area contributed by atoms with Gasteiger partial charge in [-0.15, -0.1) is 0 Å². The average molecular weight is 315 g/mol. The molecule has 0 aromatic carbocycles. The second-order valence-corrected chi connectivity index (χ2v) is 6.89. The average Bonchev–Trinajstić information content (AvgIpc) is 2.47. The van der Waals surface area contributed by atoms with E-state index in [2.05, 4.69) is 56.7 Å². The van der Waals surface area contributed by atoms with Gasteiger partial charge >= 0.3 is 0 Å². The van der Waals surface area contributed by atoms with Crippen molar-refractivity contribution in [3.8, 4) is 0 Å². The van der Waals surface area contributed by atoms with Gasteiger partial charge in [-0.1, -0.05) is 26.7 Å². The number of nitrogens with zero attached hydrogens (tertiary/aromatic N) is 2. The zero-order valence-corrected chi connectivity index (χ0v) is 16.1. The van der Waals surface area contributed by atoms with E-state index in [0.29, 0.717) is 18.6 Å². The Morgan fingerprint density at radius 2 is 1.36 bits per heavy atom. The lowest BCUT2D eigenvalue weighted by Crippen LogP contribution is -2.56. The van der Waals surface area contributed by atoms with E-state index in [9.17, 15) is 0 Å². The molecule has 1 atom stereocenters. The van der Waals surface area contributed by atoms with Crippen molar-refractivity contribution >= 4 is 0 Å². The van der Waals surface area contributed by atoms with Crippen molar-refractivity contribution in [1.82, 2.24) is 15.1 Å². The van der Waals surface area contributed by atoms with E-state index in [1.54, 1.807) is 0 Å². The molecule has 134 valence electrons. The maximum atomic E-state index is 6.01. The van der Waals surface area contributed by atoms with E-state index < -0.39 is 0 Å². The first-order chi connectivity index (χ1) is 10.5. The van der Waals surface area contributed by atoms with Gasteiger partial charge in [0, 0.05) is 31.7 Å². The third-order valence-corrected chi connectivity index (χ3v) is 4.24. The van der Waals surface area contributed by atoms with E-state index in [4.69, 9.17) is 5.73 Å². The highest BCUT2D eigenvalue weighted by atomic mass is 15.3. The second-order valence-electron chi connectivity index (χ2n) is 6.89. The summed E-state index contributed by atoms with van der Waals surface area (Å²) in [6, 6.07) is 1.02. The number of rotatable bonds is 14. The maximum absolute atomic E-state index is 6.01. The number of unbranched alkanes of at least 4 members (excludes halogenated alkanes) is 2. The molecule has 0 aromatic heterocycles. The Kier molecular flexibility index (Phi) is 13.2. The number of hydrogen-bond donors (Lipinski definition) is 2. The number of hydrogen-bond acceptors (Lipinski definition) is 4. The van der Waals surface area contributed by atoms with Crippen LogP contribution in [-0.2, 0) is 0 Å². The fourth-order valence-corrected chi connectivity index (χ4v) is 3.11. The van der Waals surface area contributed by atoms with Gasteiger partial charge < -0.3 is 10.6 Å². The van der Waals surface area contributed by atoms with Crippen LogP contribution in [0.15, 0.2) is 0 Å². The first-order valence-electron chi connectivity index (χ1n) is 9.41. The molecule has 0 saturated carbocycles. The second kappa shape index (κ2) is 13.3. The van der Waals surface area contributed by atoms with E-state index in [-0.39, 0.29) is 6.17 Å². The van der Waals surface area contributed by atoms with Crippen molar-refractivity contribution in [2.45, 2.75) is 85.5 Å². The molecule has 0 aliphatic heterocycles. The summed E-state index contributed by atoms with van der Waals surface area (Å²) in [6.45, 7) is 18.8. The first-order valence-corrected chi connectivity index (χ1v) is 9.41. The van der Waals surface area contributed by atoms with Gasteiger partial charge in [0.2, 0.25) is 0 Å². The molecule has 0 fully saturated rings. The molecule has 0 spiro atoms. The standard InChI is InChI=1S/C18H42N4/c1-7-9-12-21(13-10-8-2)14-11-20-18(15-19)22(16(3)4)17(5)6/h16-18,20H,7-15,19H2,1-6H3. The lowest BCUT2D eigenvalue weighted by atomic mass is 10.2. The topological polar surface area (TPSA) is 44.5 Å². The summed E-state index contributed by atoms with van der Waals surface area (Å²) in [5.74, 6) is 0. The fraction of sp³-hybridized carbons (Fsp3) is 1.00. The normalized spacial score (nSPS) is 13.8. The molecule has 22 heavy (non-hydrogen) atoms. The van der Waals surface area contributed by atoms with Gasteiger partial charge in [-0.3, -0.25) is 10.2 Å². The van der Waals surface area contributed by atoms with Crippen LogP contribution in [0.3, 0.4) is 0 Å². The van der Waals surface area contributed by atoms with Gasteiger partial charge in [0.1, 0.15) is 0 Å². The van der Waals surface area contributed by atoms with Crippen LogP contribution in [0.2, 0.25) is 0 Å². The predicted octanol–water partition coefficient (Wildman–Crippen LogP) is 2.88. The minimum absolute atomic E-state index is 0.277. The van der Waals surface area contributed by atoms with Crippen LogP contribution in [0.4, 0.5) is 0 Å². The Labute approximate surface area is 139 Å². The zero-order valence-electron chi connectivity index (χ0n) is 16.1. The zero-order chi connectivity index (χ0) is 17.0. The van der Waals surface area contributed by atoms with Gasteiger partial charge in [-0.25, -0.2) is 0 Å². The molecule has 0 saturated heterocycles. The van der Waals surface area contributed by atoms with E-state index in [1.165, 1.54) is 38.8 Å². The summed E-state index contributed by atoms with van der Waals surface area (Å²) in [7, 11) is 0. The van der Waals surface area contributed by atoms with Crippen LogP contribution in [0, 0.1) is 0 Å². The molecule has 0 aliphatic rings. The third kappa shape index (κ3) is 9.09. The molecule has 4 heteroatoms. The Bertz CT molecular complexity index is 227. The Morgan fingerprint density at radius 1 is 0.864 bits per heavy atom. The molecular formula is C18H42N4. The highest BCUT2D eigenvalue weighted by molar-refractivity contribution is 4.77. The molecule has 0 bridgehead atoms. The van der Waals surface area contributed by atoms with Gasteiger partial charge in [0.05, 0.1) is 6.17 Å². The molecule has 0 heterocycles. The minimum atomic E-state index is 0.277. The van der Waals surface area contributed by atoms with Crippen molar-refractivity contribution < 1.29 is 0 Å². The Balaban J connectivity index is 4.33. The minimum Gasteiger partial charge on any atom is -0.328 e. The highest BCUT2D eigenvalue weighted by Crippen LogP contribution is 2.08. The lowest BCUT2D eigenvalue weighted by molar-refractivity contribution is 0.0917. The van der Waals surface area contributed by atoms with Gasteiger partial charge in [-0.2, -0.15) is 0 Å². The van der Waals surface area contributed by atoms with Crippen molar-refractivity contribution in [2.24, 2.45) is 5.73 Å². The van der Waals surface area contributed by atoms with Crippen molar-refractivity contribution in [3.05, 3.63) is 0 Å². The highest BCUT2D eigenvalue weighted by Gasteiger charge is 2.22. The first kappa shape index (κ1) is 21.8. The lowest BCUT2D eigenvalue weighted by Gasteiger charge is -2.38. The number of nitrogens with two attached hydrogens (primary N) is 1. The molecule has 0 amide bonds. The molecule has 4 nitrogen and oxygen atoms in total. The van der Waals surface area contributed by atoms with Crippen LogP contribution in [0.1, 0.15) is 67.2 Å². The van der Waals surface area contributed by atoms with Crippen LogP contribution in [0.5, 0.6) is 0 Å². The third-order valence-electron chi connectivity index (χ3n) is 4.24. The summed E-state index contributed by atoms with van der Waals surface area (Å²) in [5.41, 5.74) is 6.01. The van der Waals surface area contributed by atoms with Crippen molar-refractivity contribution in [3.63, 3.8) is 0 Å². The maximum Gasteiger partial charge on any atom is 0.0728 e. The van der Waals surface area contributed by atoms with E-state index in [1.807, 2.05) is 0 Å². The molecule has 1 unspecified atom stereocenters. The Hall–Kier alpha value is -0.160. The molecule has 0 rings (SSSR count). The van der Waals surface area contributed by atoms with Gasteiger partial charge in [0.15, 0.2) is 0 Å². The van der Waals surface area contributed by atoms with Crippen LogP contribution >= 0.6 is 0 Å². The predicted molar refractivity (Wildman–Crippen MR) is 99.2 cm³/mol. The van der Waals surface area contributed by atoms with Gasteiger partial charge in [-0.05, 0) is 53.6 Å². The fourth-order valence-electron chi connectivity index (χ4n) is 3.11. The molecule has 0 aliphatic carbocycles. The molecule has 3 N–H and O–H groups in total. The summed E-state index contributed by atoms with van der Waals surface area (Å²) in [5, 5.41) is 3.67. The summed E-state index contributed by atoms with van der Waals surface area (Å²) < 4.78 is 0. The van der Waals surface area contributed by atoms with E-state index >= 15 is 0 Å². The Morgan fingerprint density at radius 3 is 1.73 bits per heavy atom. The molecular weight excluding hydrogens is 272 g/mol. The van der Waals surface area contributed by atoms with Crippen LogP contribution in [0.25, 0.3) is 0 Å². The van der Waals surface area contributed by atoms with Crippen LogP contribution < -0.4 is 11.1 Å². The van der Waals surface area contributed by atoms with Gasteiger partial charge in [0.25, 0.3) is 0 Å². The monoisotopic (exact) mass is 314 g/mol. The largest absolute Gasteiger partial charge is 0.328 e. The number of nitrogens with one attached hydrogen (secondary N) is 1. The summed E-state index contributed by atoms with van der Waals surface area (Å²) >= 11 is 0. The smallest absolute Gasteiger partial charge is 0.0728 e. The quantitative estimate of drug-likeness (QED) is 0.484. The summed E-state index contributed by atoms with van der Waals surface area (Å²) in [6.07, 6.45) is 5.42. The summed E-state index contributed by atoms with van der Waals surface area (Å²) in [4.78, 5) is 5.07.